The second-order valence-electron chi connectivity index (χ2n) is 7.22. The van der Waals surface area contributed by atoms with Crippen LogP contribution in [0.3, 0.4) is 0 Å². The van der Waals surface area contributed by atoms with Crippen molar-refractivity contribution in [2.75, 3.05) is 7.05 Å². The summed E-state index contributed by atoms with van der Waals surface area (Å²) in [7, 11) is 3.61. The van der Waals surface area contributed by atoms with E-state index in [4.69, 9.17) is 0 Å². The number of likely N-dealkylation sites (N-methyl/N-ethyl adjacent to an activating group) is 1. The number of nitrogens with one attached hydrogen (secondary N) is 1. The molecule has 9 heteroatoms. The molecule has 1 aliphatic carbocycles. The van der Waals surface area contributed by atoms with Gasteiger partial charge in [0.1, 0.15) is 0 Å². The summed E-state index contributed by atoms with van der Waals surface area (Å²) in [4.78, 5) is 26.5. The second kappa shape index (κ2) is 6.54. The van der Waals surface area contributed by atoms with E-state index in [2.05, 4.69) is 20.7 Å². The highest BCUT2D eigenvalue weighted by Crippen LogP contribution is 2.31. The Morgan fingerprint density at radius 2 is 2.12 bits per heavy atom. The van der Waals surface area contributed by atoms with Crippen LogP contribution in [-0.2, 0) is 18.4 Å². The highest BCUT2D eigenvalue weighted by atomic mass is 16.2. The summed E-state index contributed by atoms with van der Waals surface area (Å²) in [5.41, 5.74) is 1.21. The Balaban J connectivity index is 1.51. The van der Waals surface area contributed by atoms with Gasteiger partial charge in [0.25, 0.3) is 5.91 Å². The summed E-state index contributed by atoms with van der Waals surface area (Å²) in [6.45, 7) is 0.818. The largest absolute Gasteiger partial charge is 0.345 e. The Bertz CT molecular complexity index is 823. The number of carbonyl (C=O) groups excluding carboxylic acids is 2. The molecule has 2 aromatic heterocycles. The van der Waals surface area contributed by atoms with Gasteiger partial charge in [-0.15, -0.1) is 5.10 Å². The third-order valence-corrected chi connectivity index (χ3v) is 5.25. The first-order valence-corrected chi connectivity index (χ1v) is 8.97. The molecule has 4 rings (SSSR count). The average Bonchev–Trinajstić information content (AvgIpc) is 3.12. The molecule has 0 bridgehead atoms. The third-order valence-electron chi connectivity index (χ3n) is 5.25. The minimum absolute atomic E-state index is 0.0667. The van der Waals surface area contributed by atoms with Gasteiger partial charge in [0, 0.05) is 33.3 Å². The molecular weight excluding hydrogens is 334 g/mol. The molecule has 0 spiro atoms. The van der Waals surface area contributed by atoms with Crippen LogP contribution in [0, 0.1) is 5.92 Å². The molecule has 1 saturated carbocycles. The smallest absolute Gasteiger partial charge is 0.273 e. The van der Waals surface area contributed by atoms with Crippen molar-refractivity contribution >= 4 is 11.8 Å². The summed E-state index contributed by atoms with van der Waals surface area (Å²) in [5, 5.41) is 15.3. The Hall–Kier alpha value is -2.71. The van der Waals surface area contributed by atoms with Crippen molar-refractivity contribution in [3.05, 3.63) is 29.8 Å². The lowest BCUT2D eigenvalue weighted by molar-refractivity contribution is -0.136. The highest BCUT2D eigenvalue weighted by Gasteiger charge is 2.37. The molecule has 26 heavy (non-hydrogen) atoms. The minimum atomic E-state index is -0.257. The fraction of sp³-hybridized carbons (Fsp3) is 0.588. The van der Waals surface area contributed by atoms with Gasteiger partial charge in [-0.1, -0.05) is 5.21 Å². The van der Waals surface area contributed by atoms with Gasteiger partial charge in [-0.2, -0.15) is 5.10 Å². The molecule has 1 N–H and O–H groups in total. The Morgan fingerprint density at radius 1 is 1.31 bits per heavy atom. The van der Waals surface area contributed by atoms with Gasteiger partial charge in [0.2, 0.25) is 5.91 Å². The predicted octanol–water partition coefficient (Wildman–Crippen LogP) is 0.513. The van der Waals surface area contributed by atoms with E-state index < -0.39 is 0 Å². The van der Waals surface area contributed by atoms with Gasteiger partial charge in [-0.25, -0.2) is 0 Å². The molecule has 2 atom stereocenters. The van der Waals surface area contributed by atoms with Crippen LogP contribution in [0.2, 0.25) is 0 Å². The summed E-state index contributed by atoms with van der Waals surface area (Å²) in [6.07, 6.45) is 6.83. The Kier molecular flexibility index (Phi) is 4.21. The quantitative estimate of drug-likeness (QED) is 0.841. The van der Waals surface area contributed by atoms with Crippen LogP contribution in [-0.4, -0.2) is 54.6 Å². The summed E-state index contributed by atoms with van der Waals surface area (Å²) in [6, 6.07) is 1.42. The zero-order valence-electron chi connectivity index (χ0n) is 15.0. The van der Waals surface area contributed by atoms with Gasteiger partial charge < -0.3 is 10.2 Å². The minimum Gasteiger partial charge on any atom is -0.345 e. The standard InChI is InChI=1S/C17H23N7O2/c1-22-15(25)6-5-12(16(22)14-7-8-18-23(14)2)19-17(26)13-10-24(21-20-13)9-11-3-4-11/h7-8,10-12,16H,3-6,9H2,1-2H3,(H,19,26)/t12-,16-/m1/s1. The molecule has 138 valence electrons. The number of amides is 2. The van der Waals surface area contributed by atoms with Crippen molar-refractivity contribution < 1.29 is 9.59 Å². The first-order chi connectivity index (χ1) is 12.5. The number of carbonyl (C=O) groups is 2. The summed E-state index contributed by atoms with van der Waals surface area (Å²) >= 11 is 0. The van der Waals surface area contributed by atoms with E-state index in [9.17, 15) is 9.59 Å². The van der Waals surface area contributed by atoms with Crippen LogP contribution in [0.15, 0.2) is 18.5 Å². The second-order valence-corrected chi connectivity index (χ2v) is 7.22. The number of piperidine rings is 1. The van der Waals surface area contributed by atoms with Crippen molar-refractivity contribution in [3.63, 3.8) is 0 Å². The van der Waals surface area contributed by atoms with Crippen molar-refractivity contribution in [1.29, 1.82) is 0 Å². The van der Waals surface area contributed by atoms with Crippen LogP contribution in [0.4, 0.5) is 0 Å². The van der Waals surface area contributed by atoms with E-state index in [1.165, 1.54) is 12.8 Å². The molecular formula is C17H23N7O2. The number of rotatable bonds is 5. The lowest BCUT2D eigenvalue weighted by Crippen LogP contribution is -2.51. The monoisotopic (exact) mass is 357 g/mol. The van der Waals surface area contributed by atoms with Crippen LogP contribution < -0.4 is 5.32 Å². The fourth-order valence-corrected chi connectivity index (χ4v) is 3.57. The Labute approximate surface area is 151 Å². The summed E-state index contributed by atoms with van der Waals surface area (Å²) in [5.74, 6) is 0.476. The van der Waals surface area contributed by atoms with Gasteiger partial charge in [-0.3, -0.25) is 19.0 Å². The predicted molar refractivity (Wildman–Crippen MR) is 92.0 cm³/mol. The topological polar surface area (TPSA) is 97.9 Å². The maximum absolute atomic E-state index is 12.7. The molecule has 2 fully saturated rings. The number of aromatic nitrogens is 5. The zero-order chi connectivity index (χ0) is 18.3. The Morgan fingerprint density at radius 3 is 2.81 bits per heavy atom. The number of nitrogens with zero attached hydrogens (tertiary/aromatic N) is 6. The number of hydrogen-bond acceptors (Lipinski definition) is 5. The van der Waals surface area contributed by atoms with Crippen molar-refractivity contribution in [2.45, 2.75) is 44.3 Å². The molecule has 2 amide bonds. The lowest BCUT2D eigenvalue weighted by Gasteiger charge is -2.39. The maximum atomic E-state index is 12.7. The van der Waals surface area contributed by atoms with E-state index in [1.54, 1.807) is 33.7 Å². The van der Waals surface area contributed by atoms with Crippen LogP contribution in [0.1, 0.15) is 47.9 Å². The fourth-order valence-electron chi connectivity index (χ4n) is 3.57. The van der Waals surface area contributed by atoms with E-state index in [1.807, 2.05) is 13.1 Å². The average molecular weight is 357 g/mol. The lowest BCUT2D eigenvalue weighted by atomic mass is 9.93. The third kappa shape index (κ3) is 3.21. The number of hydrogen-bond donors (Lipinski definition) is 1. The molecule has 1 aliphatic heterocycles. The summed E-state index contributed by atoms with van der Waals surface area (Å²) < 4.78 is 3.48. The normalized spacial score (nSPS) is 23.3. The SMILES string of the molecule is CN1C(=O)CC[C@@H](NC(=O)c2cn(CC3CC3)nn2)[C@@H]1c1ccnn1C. The van der Waals surface area contributed by atoms with Crippen LogP contribution in [0.5, 0.6) is 0 Å². The van der Waals surface area contributed by atoms with Crippen molar-refractivity contribution in [1.82, 2.24) is 35.0 Å². The first-order valence-electron chi connectivity index (χ1n) is 8.97. The van der Waals surface area contributed by atoms with E-state index in [0.29, 0.717) is 24.5 Å². The maximum Gasteiger partial charge on any atom is 0.273 e. The first kappa shape index (κ1) is 16.7. The molecule has 9 nitrogen and oxygen atoms in total. The zero-order valence-corrected chi connectivity index (χ0v) is 15.0. The van der Waals surface area contributed by atoms with Crippen LogP contribution >= 0.6 is 0 Å². The van der Waals surface area contributed by atoms with Gasteiger partial charge in [0.15, 0.2) is 5.69 Å². The van der Waals surface area contributed by atoms with Gasteiger partial charge in [-0.05, 0) is 31.2 Å². The van der Waals surface area contributed by atoms with Gasteiger partial charge >= 0.3 is 0 Å². The molecule has 0 unspecified atom stereocenters. The van der Waals surface area contributed by atoms with Gasteiger partial charge in [0.05, 0.1) is 24.0 Å². The molecule has 0 radical (unpaired) electrons. The van der Waals surface area contributed by atoms with Crippen LogP contribution in [0.25, 0.3) is 0 Å². The molecule has 1 saturated heterocycles. The van der Waals surface area contributed by atoms with E-state index >= 15 is 0 Å². The number of likely N-dealkylation sites (tertiary alicyclic amines) is 1. The molecule has 3 heterocycles. The van der Waals surface area contributed by atoms with Crippen molar-refractivity contribution in [2.24, 2.45) is 13.0 Å². The van der Waals surface area contributed by atoms with Crippen molar-refractivity contribution in [3.8, 4) is 0 Å². The van der Waals surface area contributed by atoms with E-state index in [0.717, 1.165) is 12.2 Å². The highest BCUT2D eigenvalue weighted by molar-refractivity contribution is 5.92. The van der Waals surface area contributed by atoms with E-state index in [-0.39, 0.29) is 23.9 Å². The number of aryl methyl sites for hydroxylation is 1. The molecule has 2 aliphatic rings. The molecule has 0 aromatic carbocycles. The molecule has 2 aromatic rings.